The molecule has 0 radical (unpaired) electrons. The van der Waals surface area contributed by atoms with Gasteiger partial charge in [-0.2, -0.15) is 0 Å². The molecular formula is C24H29N5O2S. The van der Waals surface area contributed by atoms with Crippen molar-refractivity contribution < 1.29 is 9.90 Å². The van der Waals surface area contributed by atoms with E-state index >= 15 is 0 Å². The Kier molecular flexibility index (Phi) is 6.62. The molecule has 2 heterocycles. The van der Waals surface area contributed by atoms with Gasteiger partial charge in [-0.3, -0.25) is 9.69 Å². The van der Waals surface area contributed by atoms with E-state index in [2.05, 4.69) is 46.1 Å². The molecule has 1 aliphatic heterocycles. The molecule has 8 heteroatoms. The number of nitrogen functional groups attached to an aromatic ring is 1. The number of rotatable bonds is 7. The van der Waals surface area contributed by atoms with E-state index in [1.165, 1.54) is 29.2 Å². The molecule has 4 N–H and O–H groups in total. The molecule has 2 aromatic carbocycles. The maximum atomic E-state index is 12.7. The first-order valence-electron chi connectivity index (χ1n) is 10.8. The summed E-state index contributed by atoms with van der Waals surface area (Å²) in [6.45, 7) is 9.92. The van der Waals surface area contributed by atoms with Gasteiger partial charge in [-0.1, -0.05) is 37.3 Å². The highest BCUT2D eigenvalue weighted by Gasteiger charge is 2.20. The molecule has 1 saturated heterocycles. The van der Waals surface area contributed by atoms with Gasteiger partial charge in [0.25, 0.3) is 0 Å². The molecule has 0 aliphatic carbocycles. The van der Waals surface area contributed by atoms with Crippen LogP contribution in [0.2, 0.25) is 0 Å². The van der Waals surface area contributed by atoms with Gasteiger partial charge in [0, 0.05) is 49.7 Å². The molecule has 1 aromatic heterocycles. The van der Waals surface area contributed by atoms with Crippen molar-refractivity contribution in [2.24, 2.45) is 5.92 Å². The molecule has 168 valence electrons. The Morgan fingerprint density at radius 2 is 1.88 bits per heavy atom. The number of thiazole rings is 1. The lowest BCUT2D eigenvalue weighted by Crippen LogP contribution is -2.47. The number of piperazine rings is 1. The van der Waals surface area contributed by atoms with E-state index in [0.29, 0.717) is 21.5 Å². The van der Waals surface area contributed by atoms with Crippen molar-refractivity contribution in [2.45, 2.75) is 13.8 Å². The Balaban J connectivity index is 1.39. The third kappa shape index (κ3) is 5.20. The Morgan fingerprint density at radius 3 is 2.53 bits per heavy atom. The standard InChI is InChI=1S/C24H29N5O2S/c1-16(2)15-28-10-12-29(13-11-28)19-8-6-18(7-9-19)26-24-27-23(25)22(32-24)21(31)17-4-3-5-20(30)14-17/h3-9,14,16,30H,10-13,15,25H2,1-2H3,(H,26,27). The van der Waals surface area contributed by atoms with Gasteiger partial charge in [0.1, 0.15) is 16.4 Å². The lowest BCUT2D eigenvalue weighted by atomic mass is 10.1. The Labute approximate surface area is 192 Å². The second kappa shape index (κ2) is 9.58. The lowest BCUT2D eigenvalue weighted by Gasteiger charge is -2.36. The molecule has 0 unspecified atom stereocenters. The quantitative estimate of drug-likeness (QED) is 0.464. The number of anilines is 4. The van der Waals surface area contributed by atoms with Gasteiger partial charge in [-0.25, -0.2) is 4.98 Å². The topological polar surface area (TPSA) is 94.7 Å². The number of hydrogen-bond donors (Lipinski definition) is 3. The highest BCUT2D eigenvalue weighted by atomic mass is 32.1. The van der Waals surface area contributed by atoms with Crippen molar-refractivity contribution in [3.05, 3.63) is 59.0 Å². The lowest BCUT2D eigenvalue weighted by molar-refractivity contribution is 0.104. The van der Waals surface area contributed by atoms with Crippen LogP contribution in [-0.2, 0) is 0 Å². The number of nitrogens with zero attached hydrogens (tertiary/aromatic N) is 3. The van der Waals surface area contributed by atoms with Crippen molar-refractivity contribution >= 4 is 39.4 Å². The second-order valence-corrected chi connectivity index (χ2v) is 9.47. The number of ketones is 1. The van der Waals surface area contributed by atoms with E-state index in [1.807, 2.05) is 12.1 Å². The van der Waals surface area contributed by atoms with Gasteiger partial charge in [0.2, 0.25) is 5.78 Å². The number of nitrogens with two attached hydrogens (primary N) is 1. The maximum Gasteiger partial charge on any atom is 0.206 e. The van der Waals surface area contributed by atoms with Crippen molar-refractivity contribution in [1.82, 2.24) is 9.88 Å². The van der Waals surface area contributed by atoms with Crippen molar-refractivity contribution in [3.63, 3.8) is 0 Å². The first-order valence-corrected chi connectivity index (χ1v) is 11.6. The molecule has 32 heavy (non-hydrogen) atoms. The van der Waals surface area contributed by atoms with Crippen LogP contribution in [0.3, 0.4) is 0 Å². The summed E-state index contributed by atoms with van der Waals surface area (Å²) < 4.78 is 0. The van der Waals surface area contributed by atoms with E-state index in [-0.39, 0.29) is 17.4 Å². The fourth-order valence-corrected chi connectivity index (χ4v) is 4.78. The highest BCUT2D eigenvalue weighted by Crippen LogP contribution is 2.31. The number of benzene rings is 2. The Morgan fingerprint density at radius 1 is 1.16 bits per heavy atom. The van der Waals surface area contributed by atoms with Gasteiger partial charge in [-0.05, 0) is 42.3 Å². The minimum absolute atomic E-state index is 0.0405. The maximum absolute atomic E-state index is 12.7. The number of carbonyl (C=O) groups is 1. The summed E-state index contributed by atoms with van der Waals surface area (Å²) in [4.78, 5) is 22.3. The van der Waals surface area contributed by atoms with Gasteiger partial charge < -0.3 is 21.1 Å². The smallest absolute Gasteiger partial charge is 0.206 e. The number of phenols is 1. The van der Waals surface area contributed by atoms with E-state index in [4.69, 9.17) is 5.73 Å². The molecule has 3 aromatic rings. The van der Waals surface area contributed by atoms with Crippen LogP contribution in [0.5, 0.6) is 5.75 Å². The third-order valence-corrected chi connectivity index (χ3v) is 6.43. The zero-order chi connectivity index (χ0) is 22.7. The second-order valence-electron chi connectivity index (χ2n) is 8.47. The minimum Gasteiger partial charge on any atom is -0.508 e. The van der Waals surface area contributed by atoms with Crippen molar-refractivity contribution in [3.8, 4) is 5.75 Å². The van der Waals surface area contributed by atoms with Crippen molar-refractivity contribution in [2.75, 3.05) is 48.7 Å². The van der Waals surface area contributed by atoms with Gasteiger partial charge in [0.15, 0.2) is 5.13 Å². The van der Waals surface area contributed by atoms with E-state index in [0.717, 1.165) is 38.4 Å². The molecule has 0 atom stereocenters. The number of aromatic nitrogens is 1. The normalized spacial score (nSPS) is 14.7. The number of carbonyl (C=O) groups excluding carboxylic acids is 1. The van der Waals surface area contributed by atoms with E-state index in [9.17, 15) is 9.90 Å². The molecule has 0 amide bonds. The predicted molar refractivity (Wildman–Crippen MR) is 131 cm³/mol. The highest BCUT2D eigenvalue weighted by molar-refractivity contribution is 7.18. The Bertz CT molecular complexity index is 1070. The monoisotopic (exact) mass is 451 g/mol. The fraction of sp³-hybridized carbons (Fsp3) is 0.333. The van der Waals surface area contributed by atoms with Gasteiger partial charge in [-0.15, -0.1) is 0 Å². The molecule has 4 rings (SSSR count). The summed E-state index contributed by atoms with van der Waals surface area (Å²) in [5.41, 5.74) is 8.47. The van der Waals surface area contributed by atoms with Gasteiger partial charge >= 0.3 is 0 Å². The number of phenolic OH excluding ortho intramolecular Hbond substituents is 1. The fourth-order valence-electron chi connectivity index (χ4n) is 3.91. The molecule has 1 fully saturated rings. The van der Waals surface area contributed by atoms with Crippen LogP contribution < -0.4 is 16.0 Å². The van der Waals surface area contributed by atoms with Crippen LogP contribution in [0.15, 0.2) is 48.5 Å². The Hall–Kier alpha value is -3.10. The average molecular weight is 452 g/mol. The molecule has 0 saturated carbocycles. The van der Waals surface area contributed by atoms with E-state index < -0.39 is 0 Å². The first-order chi connectivity index (χ1) is 15.4. The average Bonchev–Trinajstić information content (AvgIpc) is 3.14. The van der Waals surface area contributed by atoms with Crippen LogP contribution in [0.25, 0.3) is 0 Å². The minimum atomic E-state index is -0.254. The SMILES string of the molecule is CC(C)CN1CCN(c2ccc(Nc3nc(N)c(C(=O)c4cccc(O)c4)s3)cc2)CC1. The van der Waals surface area contributed by atoms with Gasteiger partial charge in [0.05, 0.1) is 0 Å². The summed E-state index contributed by atoms with van der Waals surface area (Å²) in [5.74, 6) is 0.666. The summed E-state index contributed by atoms with van der Waals surface area (Å²) in [6, 6.07) is 14.5. The van der Waals surface area contributed by atoms with Crippen LogP contribution in [0.1, 0.15) is 29.1 Å². The first kappa shape index (κ1) is 22.1. The number of nitrogens with one attached hydrogen (secondary N) is 1. The van der Waals surface area contributed by atoms with Crippen molar-refractivity contribution in [1.29, 1.82) is 0 Å². The molecule has 1 aliphatic rings. The van der Waals surface area contributed by atoms with Crippen LogP contribution in [0.4, 0.5) is 22.3 Å². The number of aromatic hydroxyl groups is 1. The van der Waals surface area contributed by atoms with E-state index in [1.54, 1.807) is 12.1 Å². The molecule has 0 spiro atoms. The summed E-state index contributed by atoms with van der Waals surface area (Å²) in [7, 11) is 0. The summed E-state index contributed by atoms with van der Waals surface area (Å²) >= 11 is 1.21. The molecular weight excluding hydrogens is 422 g/mol. The largest absolute Gasteiger partial charge is 0.508 e. The number of hydrogen-bond acceptors (Lipinski definition) is 8. The molecule has 0 bridgehead atoms. The molecule has 7 nitrogen and oxygen atoms in total. The third-order valence-electron chi connectivity index (χ3n) is 5.45. The summed E-state index contributed by atoms with van der Waals surface area (Å²) in [5, 5.41) is 13.4. The zero-order valence-corrected chi connectivity index (χ0v) is 19.2. The predicted octanol–water partition coefficient (Wildman–Crippen LogP) is 4.18. The van der Waals surface area contributed by atoms with Crippen LogP contribution >= 0.6 is 11.3 Å². The van der Waals surface area contributed by atoms with Crippen LogP contribution in [-0.4, -0.2) is 53.5 Å². The van der Waals surface area contributed by atoms with Crippen LogP contribution in [0, 0.1) is 5.92 Å². The summed E-state index contributed by atoms with van der Waals surface area (Å²) in [6.07, 6.45) is 0. The zero-order valence-electron chi connectivity index (χ0n) is 18.4.